The van der Waals surface area contributed by atoms with Crippen molar-refractivity contribution in [2.75, 3.05) is 26.2 Å². The van der Waals surface area contributed by atoms with E-state index in [1.807, 2.05) is 22.9 Å². The first kappa shape index (κ1) is 36.4. The highest BCUT2D eigenvalue weighted by Gasteiger charge is 2.18. The number of halogens is 4. The molecule has 0 N–H and O–H groups in total. The second-order valence-electron chi connectivity index (χ2n) is 8.50. The highest BCUT2D eigenvalue weighted by Crippen LogP contribution is 2.32. The monoisotopic (exact) mass is 710 g/mol. The minimum atomic E-state index is -0.286. The molecule has 0 saturated carbocycles. The third-order valence-corrected chi connectivity index (χ3v) is 10.8. The van der Waals surface area contributed by atoms with E-state index >= 15 is 0 Å². The van der Waals surface area contributed by atoms with E-state index in [1.54, 1.807) is 58.4 Å². The molecule has 2 aromatic carbocycles. The Balaban J connectivity index is 0.000000320. The number of hydrogen-bond acceptors (Lipinski definition) is 6. The number of benzene rings is 2. The normalized spacial score (nSPS) is 11.4. The summed E-state index contributed by atoms with van der Waals surface area (Å²) in [5.41, 5.74) is 1.71. The summed E-state index contributed by atoms with van der Waals surface area (Å²) in [7, 11) is 3.18. The van der Waals surface area contributed by atoms with E-state index < -0.39 is 0 Å². The van der Waals surface area contributed by atoms with E-state index in [0.717, 1.165) is 45.9 Å². The van der Waals surface area contributed by atoms with Crippen molar-refractivity contribution in [3.8, 4) is 0 Å². The van der Waals surface area contributed by atoms with Crippen LogP contribution >= 0.6 is 92.4 Å². The van der Waals surface area contributed by atoms with E-state index in [0.29, 0.717) is 33.2 Å². The van der Waals surface area contributed by atoms with Gasteiger partial charge in [0.15, 0.2) is 0 Å². The van der Waals surface area contributed by atoms with Crippen LogP contribution in [0.25, 0.3) is 0 Å². The first-order valence-corrected chi connectivity index (χ1v) is 17.5. The van der Waals surface area contributed by atoms with Crippen LogP contribution in [0.5, 0.6) is 0 Å². The molecule has 0 radical (unpaired) electrons. The lowest BCUT2D eigenvalue weighted by atomic mass is 10.1. The molecule has 3 aromatic rings. The Morgan fingerprint density at radius 2 is 1.39 bits per heavy atom. The van der Waals surface area contributed by atoms with Crippen LogP contribution in [0.4, 0.5) is 0 Å². The molecule has 0 aliphatic carbocycles. The Hall–Kier alpha value is -0.750. The van der Waals surface area contributed by atoms with E-state index in [-0.39, 0.29) is 6.10 Å². The fourth-order valence-electron chi connectivity index (χ4n) is 3.56. The van der Waals surface area contributed by atoms with Gasteiger partial charge in [0, 0.05) is 64.2 Å². The van der Waals surface area contributed by atoms with Gasteiger partial charge >= 0.3 is 0 Å². The van der Waals surface area contributed by atoms with E-state index in [9.17, 15) is 0 Å². The molecule has 1 unspecified atom stereocenters. The van der Waals surface area contributed by atoms with Crippen LogP contribution in [0.15, 0.2) is 55.1 Å². The van der Waals surface area contributed by atoms with Gasteiger partial charge in [0.2, 0.25) is 0 Å². The zero-order valence-corrected chi connectivity index (χ0v) is 29.6. The number of imidazole rings is 1. The molecule has 0 fully saturated rings. The van der Waals surface area contributed by atoms with E-state index in [4.69, 9.17) is 75.6 Å². The molecule has 0 saturated heterocycles. The second-order valence-corrected chi connectivity index (χ2v) is 13.6. The first-order chi connectivity index (χ1) is 19.6. The highest BCUT2D eigenvalue weighted by molar-refractivity contribution is 8.89. The molecule has 0 aliphatic rings. The minimum absolute atomic E-state index is 0.286. The van der Waals surface area contributed by atoms with Crippen LogP contribution in [0, 0.1) is 0 Å². The third-order valence-electron chi connectivity index (χ3n) is 5.93. The van der Waals surface area contributed by atoms with Crippen LogP contribution in [0.2, 0.25) is 20.1 Å². The number of thiocarbonyl (C=S) groups is 2. The lowest BCUT2D eigenvalue weighted by Gasteiger charge is -2.23. The maximum Gasteiger partial charge on any atom is 0.147 e. The summed E-state index contributed by atoms with van der Waals surface area (Å²) in [6.07, 6.45) is 5.03. The lowest BCUT2D eigenvalue weighted by molar-refractivity contribution is 0.0281. The zero-order chi connectivity index (χ0) is 30.4. The molecule has 1 aromatic heterocycles. The summed E-state index contributed by atoms with van der Waals surface area (Å²) in [5.74, 6) is 0. The summed E-state index contributed by atoms with van der Waals surface area (Å²) in [6.45, 7) is 13.2. The molecule has 1 heterocycles. The van der Waals surface area contributed by atoms with Crippen LogP contribution in [-0.2, 0) is 17.9 Å². The second kappa shape index (κ2) is 19.5. The molecule has 13 heteroatoms. The van der Waals surface area contributed by atoms with Crippen molar-refractivity contribution in [1.29, 1.82) is 0 Å². The van der Waals surface area contributed by atoms with E-state index in [2.05, 4.69) is 42.5 Å². The molecular formula is C28H34Cl4N4OS4. The van der Waals surface area contributed by atoms with Crippen molar-refractivity contribution in [2.24, 2.45) is 0 Å². The van der Waals surface area contributed by atoms with Gasteiger partial charge in [-0.15, -0.1) is 0 Å². The average molecular weight is 713 g/mol. The number of hydrogen-bond donors (Lipinski definition) is 0. The molecule has 5 nitrogen and oxygen atoms in total. The maximum absolute atomic E-state index is 6.37. The van der Waals surface area contributed by atoms with Crippen molar-refractivity contribution in [2.45, 2.75) is 47.0 Å². The van der Waals surface area contributed by atoms with Gasteiger partial charge in [0.1, 0.15) is 14.7 Å². The quantitative estimate of drug-likeness (QED) is 0.152. The van der Waals surface area contributed by atoms with Crippen molar-refractivity contribution in [1.82, 2.24) is 19.4 Å². The summed E-state index contributed by atoms with van der Waals surface area (Å²) in [6, 6.07) is 10.7. The Kier molecular flexibility index (Phi) is 17.3. The summed E-state index contributed by atoms with van der Waals surface area (Å²) < 4.78 is 9.90. The summed E-state index contributed by atoms with van der Waals surface area (Å²) in [4.78, 5) is 8.39. The van der Waals surface area contributed by atoms with Gasteiger partial charge in [0.05, 0.1) is 19.5 Å². The molecule has 224 valence electrons. The van der Waals surface area contributed by atoms with Gasteiger partial charge in [-0.2, -0.15) is 0 Å². The third kappa shape index (κ3) is 12.4. The van der Waals surface area contributed by atoms with Crippen LogP contribution < -0.4 is 0 Å². The first-order valence-electron chi connectivity index (χ1n) is 13.0. The molecule has 0 aliphatic heterocycles. The smallest absolute Gasteiger partial charge is 0.147 e. The Morgan fingerprint density at radius 3 is 1.85 bits per heavy atom. The number of rotatable bonds is 10. The van der Waals surface area contributed by atoms with Crippen LogP contribution in [0.1, 0.15) is 44.9 Å². The van der Waals surface area contributed by atoms with Gasteiger partial charge in [-0.3, -0.25) is 0 Å². The van der Waals surface area contributed by atoms with Gasteiger partial charge in [0.25, 0.3) is 0 Å². The molecule has 0 bridgehead atoms. The number of aromatic nitrogens is 2. The van der Waals surface area contributed by atoms with Gasteiger partial charge in [-0.25, -0.2) is 4.98 Å². The largest absolute Gasteiger partial charge is 0.367 e. The zero-order valence-electron chi connectivity index (χ0n) is 23.4. The SMILES string of the molecule is CCN(CC)C(=S)SSC(=S)N(CC)CC.Clc1ccc(COC(Cn2ccnc2)c2ccc(Cl)cc2Cl)c(Cl)c1. The Morgan fingerprint density at radius 1 is 0.854 bits per heavy atom. The van der Waals surface area contributed by atoms with Gasteiger partial charge in [-0.1, -0.05) is 83.0 Å². The number of nitrogens with zero attached hydrogens (tertiary/aromatic N) is 4. The molecule has 3 rings (SSSR count). The predicted octanol–water partition coefficient (Wildman–Crippen LogP) is 10.1. The van der Waals surface area contributed by atoms with Crippen molar-refractivity contribution >= 4 is 101 Å². The van der Waals surface area contributed by atoms with Crippen molar-refractivity contribution in [3.63, 3.8) is 0 Å². The van der Waals surface area contributed by atoms with E-state index in [1.165, 1.54) is 0 Å². The standard InChI is InChI=1S/C18H14Cl4N2O.C10H20N2S4/c19-13-2-1-12(16(21)7-13)10-25-18(9-24-6-5-23-11-24)15-4-3-14(20)8-17(15)22;1-5-11(6-2)9(13)15-16-10(14)12(7-3)8-4/h1-8,11,18H,9-10H2;5-8H2,1-4H3. The molecule has 1 atom stereocenters. The van der Waals surface area contributed by atoms with Crippen molar-refractivity contribution in [3.05, 3.63) is 86.3 Å². The maximum atomic E-state index is 6.37. The van der Waals surface area contributed by atoms with Crippen LogP contribution in [0.3, 0.4) is 0 Å². The predicted molar refractivity (Wildman–Crippen MR) is 189 cm³/mol. The van der Waals surface area contributed by atoms with Gasteiger partial charge in [-0.05, 0) is 79.1 Å². The van der Waals surface area contributed by atoms with Crippen LogP contribution in [-0.4, -0.2) is 54.2 Å². The fourth-order valence-corrected chi connectivity index (χ4v) is 7.61. The Bertz CT molecular complexity index is 1220. The molecular weight excluding hydrogens is 678 g/mol. The summed E-state index contributed by atoms with van der Waals surface area (Å²) in [5, 5.41) is 2.29. The number of ether oxygens (including phenoxy) is 1. The molecule has 41 heavy (non-hydrogen) atoms. The Labute approximate surface area is 282 Å². The minimum Gasteiger partial charge on any atom is -0.367 e. The fraction of sp³-hybridized carbons (Fsp3) is 0.393. The highest BCUT2D eigenvalue weighted by atomic mass is 35.5. The molecule has 0 amide bonds. The van der Waals surface area contributed by atoms with Crippen molar-refractivity contribution < 1.29 is 4.74 Å². The topological polar surface area (TPSA) is 33.5 Å². The average Bonchev–Trinajstić information content (AvgIpc) is 3.46. The molecule has 0 spiro atoms. The summed E-state index contributed by atoms with van der Waals surface area (Å²) >= 11 is 35.2. The lowest BCUT2D eigenvalue weighted by Crippen LogP contribution is -2.28. The van der Waals surface area contributed by atoms with Gasteiger partial charge < -0.3 is 19.1 Å².